The maximum absolute atomic E-state index is 11.0. The van der Waals surface area contributed by atoms with Gasteiger partial charge in [-0.15, -0.1) is 0 Å². The Kier molecular flexibility index (Phi) is 3.93. The van der Waals surface area contributed by atoms with Gasteiger partial charge in [0, 0.05) is 19.2 Å². The van der Waals surface area contributed by atoms with Crippen molar-refractivity contribution in [2.75, 3.05) is 31.5 Å². The molecule has 1 saturated heterocycles. The van der Waals surface area contributed by atoms with Crippen LogP contribution in [0.2, 0.25) is 0 Å². The zero-order chi connectivity index (χ0) is 11.2. The van der Waals surface area contributed by atoms with E-state index in [0.717, 1.165) is 18.8 Å². The number of hydrogen-bond donors (Lipinski definition) is 2. The molecule has 1 aromatic rings. The Morgan fingerprint density at radius 1 is 1.38 bits per heavy atom. The number of aromatic nitrogens is 2. The summed E-state index contributed by atoms with van der Waals surface area (Å²) in [5.74, 6) is 0. The van der Waals surface area contributed by atoms with Crippen LogP contribution >= 0.6 is 0 Å². The highest BCUT2D eigenvalue weighted by Crippen LogP contribution is 2.07. The number of hydrogen-bond acceptors (Lipinski definition) is 4. The van der Waals surface area contributed by atoms with Crippen molar-refractivity contribution in [1.82, 2.24) is 15.1 Å². The van der Waals surface area contributed by atoms with Crippen LogP contribution in [-0.2, 0) is 0 Å². The lowest BCUT2D eigenvalue weighted by molar-refractivity contribution is 0.237. The molecule has 88 valence electrons. The van der Waals surface area contributed by atoms with Crippen LogP contribution in [0.1, 0.15) is 19.3 Å². The Morgan fingerprint density at radius 2 is 2.19 bits per heavy atom. The summed E-state index contributed by atoms with van der Waals surface area (Å²) in [5, 5.41) is 9.30. The lowest BCUT2D eigenvalue weighted by Crippen LogP contribution is -2.33. The van der Waals surface area contributed by atoms with Gasteiger partial charge in [-0.3, -0.25) is 4.79 Å². The van der Waals surface area contributed by atoms with Gasteiger partial charge in [-0.25, -0.2) is 5.10 Å². The average Bonchev–Trinajstić information content (AvgIpc) is 2.30. The molecule has 2 rings (SSSR count). The highest BCUT2D eigenvalue weighted by molar-refractivity contribution is 5.38. The van der Waals surface area contributed by atoms with Crippen molar-refractivity contribution in [2.45, 2.75) is 19.3 Å². The van der Waals surface area contributed by atoms with Gasteiger partial charge in [0.25, 0.3) is 5.56 Å². The van der Waals surface area contributed by atoms with Crippen LogP contribution in [0.3, 0.4) is 0 Å². The number of nitrogens with one attached hydrogen (secondary N) is 2. The van der Waals surface area contributed by atoms with Crippen LogP contribution in [0, 0.1) is 0 Å². The molecular weight excluding hydrogens is 204 g/mol. The first-order chi connectivity index (χ1) is 7.84. The summed E-state index contributed by atoms with van der Waals surface area (Å²) in [4.78, 5) is 13.4. The summed E-state index contributed by atoms with van der Waals surface area (Å²) in [6.45, 7) is 4.31. The molecule has 16 heavy (non-hydrogen) atoms. The van der Waals surface area contributed by atoms with E-state index in [0.29, 0.717) is 0 Å². The van der Waals surface area contributed by atoms with Crippen molar-refractivity contribution in [2.24, 2.45) is 0 Å². The normalized spacial score (nSPS) is 17.2. The molecule has 0 unspecified atom stereocenters. The summed E-state index contributed by atoms with van der Waals surface area (Å²) >= 11 is 0. The molecule has 0 atom stereocenters. The first-order valence-electron chi connectivity index (χ1n) is 5.85. The average molecular weight is 222 g/mol. The summed E-state index contributed by atoms with van der Waals surface area (Å²) in [7, 11) is 0. The highest BCUT2D eigenvalue weighted by atomic mass is 16.1. The Hall–Kier alpha value is -1.36. The predicted octanol–water partition coefficient (Wildman–Crippen LogP) is 0.668. The molecule has 0 radical (unpaired) electrons. The second-order valence-electron chi connectivity index (χ2n) is 4.16. The molecule has 1 fully saturated rings. The van der Waals surface area contributed by atoms with Crippen LogP contribution in [0.15, 0.2) is 17.1 Å². The maximum Gasteiger partial charge on any atom is 0.266 e. The monoisotopic (exact) mass is 222 g/mol. The molecule has 1 aliphatic rings. The van der Waals surface area contributed by atoms with Crippen molar-refractivity contribution in [3.8, 4) is 0 Å². The highest BCUT2D eigenvalue weighted by Gasteiger charge is 2.08. The van der Waals surface area contributed by atoms with Crippen molar-refractivity contribution in [1.29, 1.82) is 0 Å². The SMILES string of the molecule is O=c1cc(NCCN2CCCCC2)cn[nH]1. The number of piperidine rings is 1. The summed E-state index contributed by atoms with van der Waals surface area (Å²) in [6, 6.07) is 1.53. The van der Waals surface area contributed by atoms with Gasteiger partial charge in [0.15, 0.2) is 0 Å². The maximum atomic E-state index is 11.0. The molecule has 5 nitrogen and oxygen atoms in total. The lowest BCUT2D eigenvalue weighted by atomic mass is 10.1. The fourth-order valence-electron chi connectivity index (χ4n) is 2.01. The third-order valence-corrected chi connectivity index (χ3v) is 2.87. The summed E-state index contributed by atoms with van der Waals surface area (Å²) in [6.07, 6.45) is 5.62. The molecule has 5 heteroatoms. The van der Waals surface area contributed by atoms with E-state index in [4.69, 9.17) is 0 Å². The summed E-state index contributed by atoms with van der Waals surface area (Å²) < 4.78 is 0. The predicted molar refractivity (Wildman–Crippen MR) is 63.6 cm³/mol. The fourth-order valence-corrected chi connectivity index (χ4v) is 2.01. The second kappa shape index (κ2) is 5.65. The number of H-pyrrole nitrogens is 1. The van der Waals surface area contributed by atoms with Crippen LogP contribution in [-0.4, -0.2) is 41.3 Å². The van der Waals surface area contributed by atoms with Crippen LogP contribution < -0.4 is 10.9 Å². The Labute approximate surface area is 94.9 Å². The standard InChI is InChI=1S/C11H18N4O/c16-11-8-10(9-13-14-11)12-4-7-15-5-2-1-3-6-15/h8-9H,1-7H2,(H2,12,14,16). The summed E-state index contributed by atoms with van der Waals surface area (Å²) in [5.41, 5.74) is 0.628. The van der Waals surface area contributed by atoms with Crippen molar-refractivity contribution < 1.29 is 0 Å². The van der Waals surface area contributed by atoms with Crippen molar-refractivity contribution in [3.63, 3.8) is 0 Å². The van der Waals surface area contributed by atoms with E-state index >= 15 is 0 Å². The van der Waals surface area contributed by atoms with E-state index in [9.17, 15) is 4.79 Å². The van der Waals surface area contributed by atoms with Gasteiger partial charge in [0.1, 0.15) is 0 Å². The third-order valence-electron chi connectivity index (χ3n) is 2.87. The quantitative estimate of drug-likeness (QED) is 0.786. The topological polar surface area (TPSA) is 61.0 Å². The number of aromatic amines is 1. The number of nitrogens with zero attached hydrogens (tertiary/aromatic N) is 2. The molecule has 1 aromatic heterocycles. The van der Waals surface area contributed by atoms with Crippen LogP contribution in [0.5, 0.6) is 0 Å². The minimum Gasteiger partial charge on any atom is -0.382 e. The van der Waals surface area contributed by atoms with Gasteiger partial charge in [-0.2, -0.15) is 5.10 Å². The Morgan fingerprint density at radius 3 is 2.94 bits per heavy atom. The number of likely N-dealkylation sites (tertiary alicyclic amines) is 1. The second-order valence-corrected chi connectivity index (χ2v) is 4.16. The van der Waals surface area contributed by atoms with E-state index in [1.165, 1.54) is 38.4 Å². The van der Waals surface area contributed by atoms with Gasteiger partial charge in [0.2, 0.25) is 0 Å². The number of anilines is 1. The molecule has 2 heterocycles. The van der Waals surface area contributed by atoms with Gasteiger partial charge in [-0.1, -0.05) is 6.42 Å². The van der Waals surface area contributed by atoms with E-state index < -0.39 is 0 Å². The van der Waals surface area contributed by atoms with Gasteiger partial charge in [-0.05, 0) is 25.9 Å². The molecule has 0 amide bonds. The van der Waals surface area contributed by atoms with Gasteiger partial charge >= 0.3 is 0 Å². The molecule has 0 bridgehead atoms. The minimum absolute atomic E-state index is 0.164. The van der Waals surface area contributed by atoms with Crippen molar-refractivity contribution >= 4 is 5.69 Å². The largest absolute Gasteiger partial charge is 0.382 e. The van der Waals surface area contributed by atoms with Crippen LogP contribution in [0.25, 0.3) is 0 Å². The molecule has 0 aromatic carbocycles. The van der Waals surface area contributed by atoms with E-state index in [2.05, 4.69) is 20.4 Å². The van der Waals surface area contributed by atoms with Crippen LogP contribution in [0.4, 0.5) is 5.69 Å². The smallest absolute Gasteiger partial charge is 0.266 e. The number of rotatable bonds is 4. The lowest BCUT2D eigenvalue weighted by Gasteiger charge is -2.26. The van der Waals surface area contributed by atoms with Crippen molar-refractivity contribution in [3.05, 3.63) is 22.6 Å². The zero-order valence-corrected chi connectivity index (χ0v) is 9.41. The van der Waals surface area contributed by atoms with Gasteiger partial charge in [0.05, 0.1) is 11.9 Å². The first kappa shape index (κ1) is 11.1. The molecule has 2 N–H and O–H groups in total. The van der Waals surface area contributed by atoms with E-state index in [-0.39, 0.29) is 5.56 Å². The van der Waals surface area contributed by atoms with E-state index in [1.54, 1.807) is 6.20 Å². The molecular formula is C11H18N4O. The molecule has 0 saturated carbocycles. The first-order valence-corrected chi connectivity index (χ1v) is 5.85. The Balaban J connectivity index is 1.73. The zero-order valence-electron chi connectivity index (χ0n) is 9.41. The Bertz CT molecular complexity index is 370. The molecule has 0 aliphatic carbocycles. The van der Waals surface area contributed by atoms with Gasteiger partial charge < -0.3 is 10.2 Å². The molecule has 1 aliphatic heterocycles. The van der Waals surface area contributed by atoms with E-state index in [1.807, 2.05) is 0 Å². The third kappa shape index (κ3) is 3.34. The fraction of sp³-hybridized carbons (Fsp3) is 0.636. The molecule has 0 spiro atoms. The minimum atomic E-state index is -0.164.